The molecule has 3 saturated heterocycles. The topological polar surface area (TPSA) is 55.9 Å². The van der Waals surface area contributed by atoms with Crippen molar-refractivity contribution < 1.29 is 9.59 Å². The molecule has 1 N–H and O–H groups in total. The Hall–Kier alpha value is -2.08. The minimum atomic E-state index is 0.0961. The second-order valence-corrected chi connectivity index (χ2v) is 9.06. The molecule has 3 aliphatic rings. The quantitative estimate of drug-likeness (QED) is 0.809. The molecule has 0 aliphatic carbocycles. The molecule has 1 aromatic rings. The number of nitrogens with one attached hydrogen (secondary N) is 1. The Balaban J connectivity index is 1.20. The van der Waals surface area contributed by atoms with Gasteiger partial charge in [0.15, 0.2) is 0 Å². The van der Waals surface area contributed by atoms with E-state index in [1.54, 1.807) is 0 Å². The lowest BCUT2D eigenvalue weighted by Crippen LogP contribution is -2.53. The number of amides is 3. The Morgan fingerprint density at radius 2 is 1.57 bits per heavy atom. The Morgan fingerprint density at radius 1 is 0.867 bits per heavy atom. The SMILES string of the molecule is O=C(NCCc1ccccc1)C1CCCN(C2CCN(C(=O)N3CCCC3)CC2)C1. The summed E-state index contributed by atoms with van der Waals surface area (Å²) in [6.45, 7) is 6.20. The van der Waals surface area contributed by atoms with E-state index in [0.29, 0.717) is 12.6 Å². The van der Waals surface area contributed by atoms with Crippen molar-refractivity contribution in [3.63, 3.8) is 0 Å². The molecule has 0 spiro atoms. The molecular weight excluding hydrogens is 376 g/mol. The highest BCUT2D eigenvalue weighted by atomic mass is 16.2. The van der Waals surface area contributed by atoms with Crippen molar-refractivity contribution in [1.82, 2.24) is 20.0 Å². The third-order valence-electron chi connectivity index (χ3n) is 7.01. The van der Waals surface area contributed by atoms with Crippen LogP contribution in [0.5, 0.6) is 0 Å². The average molecular weight is 413 g/mol. The van der Waals surface area contributed by atoms with E-state index in [2.05, 4.69) is 22.3 Å². The Morgan fingerprint density at radius 3 is 2.30 bits per heavy atom. The van der Waals surface area contributed by atoms with Crippen LogP contribution >= 0.6 is 0 Å². The van der Waals surface area contributed by atoms with Crippen LogP contribution in [0, 0.1) is 5.92 Å². The van der Waals surface area contributed by atoms with Gasteiger partial charge in [-0.2, -0.15) is 0 Å². The van der Waals surface area contributed by atoms with Crippen LogP contribution in [0.25, 0.3) is 0 Å². The fourth-order valence-corrected chi connectivity index (χ4v) is 5.20. The molecule has 0 aromatic heterocycles. The molecular formula is C24H36N4O2. The molecule has 4 rings (SSSR count). The minimum Gasteiger partial charge on any atom is -0.355 e. The van der Waals surface area contributed by atoms with Crippen molar-refractivity contribution in [2.45, 2.75) is 51.0 Å². The molecule has 0 radical (unpaired) electrons. The van der Waals surface area contributed by atoms with E-state index in [1.165, 1.54) is 5.56 Å². The third kappa shape index (κ3) is 5.34. The van der Waals surface area contributed by atoms with E-state index >= 15 is 0 Å². The highest BCUT2D eigenvalue weighted by Gasteiger charge is 2.33. The summed E-state index contributed by atoms with van der Waals surface area (Å²) in [5, 5.41) is 3.15. The molecule has 0 bridgehead atoms. The first-order valence-corrected chi connectivity index (χ1v) is 11.8. The number of nitrogens with zero attached hydrogens (tertiary/aromatic N) is 3. The first-order chi connectivity index (χ1) is 14.7. The largest absolute Gasteiger partial charge is 0.355 e. The van der Waals surface area contributed by atoms with Gasteiger partial charge in [0.25, 0.3) is 0 Å². The van der Waals surface area contributed by atoms with Crippen LogP contribution < -0.4 is 5.32 Å². The van der Waals surface area contributed by atoms with Crippen LogP contribution in [0.15, 0.2) is 30.3 Å². The van der Waals surface area contributed by atoms with E-state index in [9.17, 15) is 9.59 Å². The summed E-state index contributed by atoms with van der Waals surface area (Å²) in [4.78, 5) is 31.9. The predicted octanol–water partition coefficient (Wildman–Crippen LogP) is 2.74. The highest BCUT2D eigenvalue weighted by Crippen LogP contribution is 2.25. The summed E-state index contributed by atoms with van der Waals surface area (Å²) < 4.78 is 0. The summed E-state index contributed by atoms with van der Waals surface area (Å²) in [6.07, 6.45) is 7.30. The van der Waals surface area contributed by atoms with Crippen LogP contribution in [0.1, 0.15) is 44.1 Å². The molecule has 3 aliphatic heterocycles. The molecule has 30 heavy (non-hydrogen) atoms. The van der Waals surface area contributed by atoms with Gasteiger partial charge in [0, 0.05) is 45.3 Å². The summed E-state index contributed by atoms with van der Waals surface area (Å²) in [5.74, 6) is 0.302. The lowest BCUT2D eigenvalue weighted by atomic mass is 9.93. The number of urea groups is 1. The third-order valence-corrected chi connectivity index (χ3v) is 7.01. The first kappa shape index (κ1) is 21.2. The summed E-state index contributed by atoms with van der Waals surface area (Å²) in [5.41, 5.74) is 1.26. The molecule has 0 saturated carbocycles. The first-order valence-electron chi connectivity index (χ1n) is 11.8. The van der Waals surface area contributed by atoms with Crippen LogP contribution in [0.4, 0.5) is 4.79 Å². The minimum absolute atomic E-state index is 0.0961. The number of hydrogen-bond acceptors (Lipinski definition) is 3. The van der Waals surface area contributed by atoms with Crippen molar-refractivity contribution in [3.05, 3.63) is 35.9 Å². The maximum atomic E-state index is 12.7. The number of likely N-dealkylation sites (tertiary alicyclic amines) is 3. The van der Waals surface area contributed by atoms with E-state index in [1.807, 2.05) is 28.0 Å². The van der Waals surface area contributed by atoms with Gasteiger partial charge in [-0.25, -0.2) is 4.79 Å². The van der Waals surface area contributed by atoms with E-state index in [0.717, 1.165) is 84.2 Å². The van der Waals surface area contributed by atoms with Gasteiger partial charge >= 0.3 is 6.03 Å². The van der Waals surface area contributed by atoms with Crippen molar-refractivity contribution >= 4 is 11.9 Å². The van der Waals surface area contributed by atoms with Gasteiger partial charge in [-0.05, 0) is 57.1 Å². The summed E-state index contributed by atoms with van der Waals surface area (Å²) in [7, 11) is 0. The van der Waals surface area contributed by atoms with Gasteiger partial charge in [-0.3, -0.25) is 9.69 Å². The fourth-order valence-electron chi connectivity index (χ4n) is 5.20. The van der Waals surface area contributed by atoms with Gasteiger partial charge in [0.05, 0.1) is 5.92 Å². The fraction of sp³-hybridized carbons (Fsp3) is 0.667. The molecule has 164 valence electrons. The molecule has 6 heteroatoms. The molecule has 3 fully saturated rings. The van der Waals surface area contributed by atoms with Gasteiger partial charge in [-0.1, -0.05) is 30.3 Å². The molecule has 1 unspecified atom stereocenters. The zero-order chi connectivity index (χ0) is 20.8. The van der Waals surface area contributed by atoms with Crippen molar-refractivity contribution in [3.8, 4) is 0 Å². The Labute approximate surface area is 180 Å². The smallest absolute Gasteiger partial charge is 0.319 e. The van der Waals surface area contributed by atoms with E-state index < -0.39 is 0 Å². The Kier molecular flexibility index (Phi) is 7.26. The lowest BCUT2D eigenvalue weighted by molar-refractivity contribution is -0.127. The van der Waals surface area contributed by atoms with E-state index in [4.69, 9.17) is 0 Å². The molecule has 6 nitrogen and oxygen atoms in total. The number of carbonyl (C=O) groups is 2. The molecule has 3 heterocycles. The lowest BCUT2D eigenvalue weighted by Gasteiger charge is -2.42. The van der Waals surface area contributed by atoms with Crippen LogP contribution in [0.2, 0.25) is 0 Å². The summed E-state index contributed by atoms with van der Waals surface area (Å²) in [6, 6.07) is 11.1. The molecule has 1 atom stereocenters. The zero-order valence-corrected chi connectivity index (χ0v) is 18.1. The number of piperidine rings is 2. The standard InChI is InChI=1S/C24H36N4O2/c29-23(25-13-10-20-7-2-1-3-8-20)21-9-6-16-28(19-21)22-11-17-27(18-12-22)24(30)26-14-4-5-15-26/h1-3,7-8,21-22H,4-6,9-19H2,(H,25,29). The normalized spacial score (nSPS) is 23.5. The van der Waals surface area contributed by atoms with Crippen LogP contribution in [-0.2, 0) is 11.2 Å². The second kappa shape index (κ2) is 10.3. The maximum absolute atomic E-state index is 12.7. The number of hydrogen-bond donors (Lipinski definition) is 1. The predicted molar refractivity (Wildman–Crippen MR) is 118 cm³/mol. The number of benzene rings is 1. The Bertz CT molecular complexity index is 696. The monoisotopic (exact) mass is 412 g/mol. The molecule has 1 aromatic carbocycles. The second-order valence-electron chi connectivity index (χ2n) is 9.06. The van der Waals surface area contributed by atoms with Gasteiger partial charge in [0.1, 0.15) is 0 Å². The number of carbonyl (C=O) groups excluding carboxylic acids is 2. The highest BCUT2D eigenvalue weighted by molar-refractivity contribution is 5.79. The summed E-state index contributed by atoms with van der Waals surface area (Å²) >= 11 is 0. The molecule has 3 amide bonds. The number of rotatable bonds is 5. The average Bonchev–Trinajstić information content (AvgIpc) is 3.34. The van der Waals surface area contributed by atoms with Crippen molar-refractivity contribution in [2.24, 2.45) is 5.92 Å². The van der Waals surface area contributed by atoms with E-state index in [-0.39, 0.29) is 17.9 Å². The van der Waals surface area contributed by atoms with Crippen molar-refractivity contribution in [1.29, 1.82) is 0 Å². The zero-order valence-electron chi connectivity index (χ0n) is 18.1. The van der Waals surface area contributed by atoms with Crippen molar-refractivity contribution in [2.75, 3.05) is 45.8 Å². The van der Waals surface area contributed by atoms with Crippen LogP contribution in [-0.4, -0.2) is 78.5 Å². The van der Waals surface area contributed by atoms with Gasteiger partial charge in [-0.15, -0.1) is 0 Å². The maximum Gasteiger partial charge on any atom is 0.319 e. The van der Waals surface area contributed by atoms with Gasteiger partial charge < -0.3 is 15.1 Å². The van der Waals surface area contributed by atoms with Gasteiger partial charge in [0.2, 0.25) is 5.91 Å². The van der Waals surface area contributed by atoms with Crippen LogP contribution in [0.3, 0.4) is 0 Å².